The summed E-state index contributed by atoms with van der Waals surface area (Å²) in [5, 5.41) is 3.60. The molecule has 0 radical (unpaired) electrons. The molecule has 1 atom stereocenters. The minimum absolute atomic E-state index is 0.475. The average molecular weight is 290 g/mol. The van der Waals surface area contributed by atoms with E-state index in [2.05, 4.69) is 37.1 Å². The molecule has 21 heavy (non-hydrogen) atoms. The van der Waals surface area contributed by atoms with E-state index in [1.54, 1.807) is 0 Å². The molecule has 0 fully saturated rings. The van der Waals surface area contributed by atoms with Crippen molar-refractivity contribution in [1.29, 1.82) is 0 Å². The lowest BCUT2D eigenvalue weighted by Gasteiger charge is -2.18. The van der Waals surface area contributed by atoms with Gasteiger partial charge >= 0.3 is 0 Å². The molecule has 0 saturated carbocycles. The monoisotopic (exact) mass is 290 g/mol. The highest BCUT2D eigenvalue weighted by molar-refractivity contribution is 5.20. The van der Waals surface area contributed by atoms with Gasteiger partial charge in [-0.3, -0.25) is 4.98 Å². The van der Waals surface area contributed by atoms with Gasteiger partial charge in [0.05, 0.1) is 0 Å². The Morgan fingerprint density at radius 1 is 0.952 bits per heavy atom. The van der Waals surface area contributed by atoms with E-state index in [1.165, 1.54) is 68.9 Å². The van der Waals surface area contributed by atoms with Gasteiger partial charge in [-0.15, -0.1) is 0 Å². The smallest absolute Gasteiger partial charge is 0.0335 e. The Morgan fingerprint density at radius 2 is 1.62 bits per heavy atom. The average Bonchev–Trinajstić information content (AvgIpc) is 2.49. The highest BCUT2D eigenvalue weighted by atomic mass is 14.9. The van der Waals surface area contributed by atoms with E-state index in [0.29, 0.717) is 6.04 Å². The van der Waals surface area contributed by atoms with Crippen LogP contribution < -0.4 is 5.32 Å². The molecule has 1 heterocycles. The molecule has 2 heteroatoms. The first-order valence-electron chi connectivity index (χ1n) is 8.92. The SMILES string of the molecule is CCCCCCCCCCC(NCC)c1cncc(C)c1. The molecule has 0 saturated heterocycles. The summed E-state index contributed by atoms with van der Waals surface area (Å²) in [6.07, 6.45) is 16.3. The van der Waals surface area contributed by atoms with Crippen molar-refractivity contribution in [3.63, 3.8) is 0 Å². The lowest BCUT2D eigenvalue weighted by Crippen LogP contribution is -2.21. The third-order valence-corrected chi connectivity index (χ3v) is 4.10. The van der Waals surface area contributed by atoms with Gasteiger partial charge in [-0.2, -0.15) is 0 Å². The lowest BCUT2D eigenvalue weighted by molar-refractivity contribution is 0.474. The van der Waals surface area contributed by atoms with Crippen molar-refractivity contribution >= 4 is 0 Å². The molecule has 1 unspecified atom stereocenters. The Labute approximate surface area is 131 Å². The van der Waals surface area contributed by atoms with Crippen molar-refractivity contribution in [2.45, 2.75) is 84.6 Å². The predicted octanol–water partition coefficient (Wildman–Crippen LogP) is 5.57. The Kier molecular flexibility index (Phi) is 10.1. The van der Waals surface area contributed by atoms with Crippen LogP contribution in [0.3, 0.4) is 0 Å². The zero-order valence-electron chi connectivity index (χ0n) is 14.3. The van der Waals surface area contributed by atoms with Gasteiger partial charge < -0.3 is 5.32 Å². The third-order valence-electron chi connectivity index (χ3n) is 4.10. The molecule has 1 N–H and O–H groups in total. The van der Waals surface area contributed by atoms with Crippen molar-refractivity contribution < 1.29 is 0 Å². The van der Waals surface area contributed by atoms with Gasteiger partial charge in [0.1, 0.15) is 0 Å². The van der Waals surface area contributed by atoms with Crippen LogP contribution in [0.2, 0.25) is 0 Å². The standard InChI is InChI=1S/C19H34N2/c1-4-6-7-8-9-10-11-12-13-19(21-5-2)18-14-17(3)15-20-16-18/h14-16,19,21H,4-13H2,1-3H3. The van der Waals surface area contributed by atoms with Gasteiger partial charge in [0.15, 0.2) is 0 Å². The van der Waals surface area contributed by atoms with E-state index in [-0.39, 0.29) is 0 Å². The molecule has 0 aromatic carbocycles. The van der Waals surface area contributed by atoms with Gasteiger partial charge in [-0.05, 0) is 31.0 Å². The maximum Gasteiger partial charge on any atom is 0.0335 e. The minimum atomic E-state index is 0.475. The van der Waals surface area contributed by atoms with Gasteiger partial charge in [-0.25, -0.2) is 0 Å². The largest absolute Gasteiger partial charge is 0.310 e. The lowest BCUT2D eigenvalue weighted by atomic mass is 9.99. The summed E-state index contributed by atoms with van der Waals surface area (Å²) in [5.41, 5.74) is 2.60. The Hall–Kier alpha value is -0.890. The molecule has 0 aliphatic heterocycles. The molecule has 0 spiro atoms. The van der Waals surface area contributed by atoms with Crippen LogP contribution in [0, 0.1) is 6.92 Å². The van der Waals surface area contributed by atoms with E-state index >= 15 is 0 Å². The summed E-state index contributed by atoms with van der Waals surface area (Å²) in [6.45, 7) is 7.61. The van der Waals surface area contributed by atoms with Gasteiger partial charge in [-0.1, -0.05) is 71.3 Å². The number of nitrogens with one attached hydrogen (secondary N) is 1. The van der Waals surface area contributed by atoms with Crippen molar-refractivity contribution in [2.24, 2.45) is 0 Å². The molecule has 0 aliphatic rings. The minimum Gasteiger partial charge on any atom is -0.310 e. The van der Waals surface area contributed by atoms with Crippen molar-refractivity contribution in [1.82, 2.24) is 10.3 Å². The number of hydrogen-bond donors (Lipinski definition) is 1. The first-order valence-corrected chi connectivity index (χ1v) is 8.92. The summed E-state index contributed by atoms with van der Waals surface area (Å²) < 4.78 is 0. The van der Waals surface area contributed by atoms with Crippen molar-refractivity contribution in [3.8, 4) is 0 Å². The molecule has 1 rings (SSSR count). The molecular formula is C19H34N2. The molecule has 0 amide bonds. The van der Waals surface area contributed by atoms with Crippen LogP contribution in [0.4, 0.5) is 0 Å². The molecule has 120 valence electrons. The topological polar surface area (TPSA) is 24.9 Å². The molecule has 1 aromatic rings. The zero-order chi connectivity index (χ0) is 15.3. The summed E-state index contributed by atoms with van der Waals surface area (Å²) in [4.78, 5) is 4.33. The first kappa shape index (κ1) is 18.2. The van der Waals surface area contributed by atoms with E-state index in [9.17, 15) is 0 Å². The number of hydrogen-bond acceptors (Lipinski definition) is 2. The maximum absolute atomic E-state index is 4.33. The van der Waals surface area contributed by atoms with Gasteiger partial charge in [0, 0.05) is 18.4 Å². The summed E-state index contributed by atoms with van der Waals surface area (Å²) in [7, 11) is 0. The number of aryl methyl sites for hydroxylation is 1. The van der Waals surface area contributed by atoms with E-state index < -0.39 is 0 Å². The van der Waals surface area contributed by atoms with Crippen LogP contribution in [-0.4, -0.2) is 11.5 Å². The second-order valence-electron chi connectivity index (χ2n) is 6.17. The quantitative estimate of drug-likeness (QED) is 0.509. The second-order valence-corrected chi connectivity index (χ2v) is 6.17. The Morgan fingerprint density at radius 3 is 2.24 bits per heavy atom. The van der Waals surface area contributed by atoms with Crippen LogP contribution in [0.5, 0.6) is 0 Å². The zero-order valence-corrected chi connectivity index (χ0v) is 14.3. The molecule has 0 bridgehead atoms. The van der Waals surface area contributed by atoms with Crippen LogP contribution in [0.1, 0.15) is 88.8 Å². The fourth-order valence-electron chi connectivity index (χ4n) is 2.88. The van der Waals surface area contributed by atoms with Crippen LogP contribution in [0.15, 0.2) is 18.5 Å². The number of unbranched alkanes of at least 4 members (excludes halogenated alkanes) is 7. The summed E-state index contributed by atoms with van der Waals surface area (Å²) in [6, 6.07) is 2.74. The Bertz CT molecular complexity index is 362. The van der Waals surface area contributed by atoms with Crippen LogP contribution in [0.25, 0.3) is 0 Å². The van der Waals surface area contributed by atoms with Crippen LogP contribution >= 0.6 is 0 Å². The summed E-state index contributed by atoms with van der Waals surface area (Å²) >= 11 is 0. The van der Waals surface area contributed by atoms with Crippen molar-refractivity contribution in [3.05, 3.63) is 29.6 Å². The number of nitrogens with zero attached hydrogens (tertiary/aromatic N) is 1. The highest BCUT2D eigenvalue weighted by Gasteiger charge is 2.10. The van der Waals surface area contributed by atoms with E-state index in [4.69, 9.17) is 0 Å². The highest BCUT2D eigenvalue weighted by Crippen LogP contribution is 2.20. The van der Waals surface area contributed by atoms with Gasteiger partial charge in [0.2, 0.25) is 0 Å². The van der Waals surface area contributed by atoms with Crippen molar-refractivity contribution in [2.75, 3.05) is 6.54 Å². The predicted molar refractivity (Wildman–Crippen MR) is 92.6 cm³/mol. The van der Waals surface area contributed by atoms with Gasteiger partial charge in [0.25, 0.3) is 0 Å². The first-order chi connectivity index (χ1) is 10.3. The Balaban J connectivity index is 2.23. The van der Waals surface area contributed by atoms with Crippen LogP contribution in [-0.2, 0) is 0 Å². The molecule has 0 aliphatic carbocycles. The molecular weight excluding hydrogens is 256 g/mol. The summed E-state index contributed by atoms with van der Waals surface area (Å²) in [5.74, 6) is 0. The number of rotatable bonds is 12. The fourth-order valence-corrected chi connectivity index (χ4v) is 2.88. The second kappa shape index (κ2) is 11.7. The van der Waals surface area contributed by atoms with E-state index in [0.717, 1.165) is 6.54 Å². The number of aromatic nitrogens is 1. The molecule has 2 nitrogen and oxygen atoms in total. The number of pyridine rings is 1. The molecule has 1 aromatic heterocycles. The maximum atomic E-state index is 4.33. The fraction of sp³-hybridized carbons (Fsp3) is 0.737. The van der Waals surface area contributed by atoms with E-state index in [1.807, 2.05) is 12.4 Å². The third kappa shape index (κ3) is 8.21. The normalized spacial score (nSPS) is 12.5.